The number of nitrogens with one attached hydrogen (secondary N) is 1. The van der Waals surface area contributed by atoms with Gasteiger partial charge >= 0.3 is 0 Å². The maximum atomic E-state index is 5.91. The summed E-state index contributed by atoms with van der Waals surface area (Å²) in [6.07, 6.45) is -0.133. The third kappa shape index (κ3) is 6.90. The number of pyridine rings is 1. The number of aromatic nitrogens is 1. The van der Waals surface area contributed by atoms with Crippen LogP contribution < -0.4 is 15.0 Å². The van der Waals surface area contributed by atoms with Crippen molar-refractivity contribution in [2.24, 2.45) is 5.16 Å². The molecule has 1 aromatic heterocycles. The number of nitrogens with zero attached hydrogens (tertiary/aromatic N) is 2. The van der Waals surface area contributed by atoms with Crippen LogP contribution in [0.3, 0.4) is 0 Å². The number of benzene rings is 1. The van der Waals surface area contributed by atoms with Crippen LogP contribution in [0, 0.1) is 0 Å². The standard InChI is InChI=1S/C22H29N3O6/c1-22(2)29-14-17(31-22)13-28-21-11-7-10-20(24-21)27-12-16-8-5-6-9-18(16)19(25-26-4)15-30-23-3/h5-11,17,23H,12-15H2,1-4H3. The Morgan fingerprint density at radius 1 is 1.16 bits per heavy atom. The Morgan fingerprint density at radius 2 is 1.94 bits per heavy atom. The molecule has 9 heteroatoms. The predicted molar refractivity (Wildman–Crippen MR) is 114 cm³/mol. The summed E-state index contributed by atoms with van der Waals surface area (Å²) in [7, 11) is 3.19. The van der Waals surface area contributed by atoms with Crippen molar-refractivity contribution >= 4 is 5.71 Å². The van der Waals surface area contributed by atoms with Crippen molar-refractivity contribution in [3.63, 3.8) is 0 Å². The second-order valence-electron chi connectivity index (χ2n) is 7.23. The van der Waals surface area contributed by atoms with Gasteiger partial charge in [0.15, 0.2) is 5.79 Å². The molecule has 0 radical (unpaired) electrons. The summed E-state index contributed by atoms with van der Waals surface area (Å²) in [5.41, 5.74) is 5.07. The number of hydrogen-bond donors (Lipinski definition) is 1. The molecule has 0 spiro atoms. The summed E-state index contributed by atoms with van der Waals surface area (Å²) in [5, 5.41) is 4.07. The molecule has 1 aromatic carbocycles. The van der Waals surface area contributed by atoms with Gasteiger partial charge < -0.3 is 23.8 Å². The third-order valence-corrected chi connectivity index (χ3v) is 4.44. The van der Waals surface area contributed by atoms with E-state index in [2.05, 4.69) is 15.6 Å². The minimum absolute atomic E-state index is 0.133. The average molecular weight is 431 g/mol. The Kier molecular flexibility index (Phi) is 8.19. The van der Waals surface area contributed by atoms with Crippen LogP contribution >= 0.6 is 0 Å². The molecule has 1 saturated heterocycles. The summed E-state index contributed by atoms with van der Waals surface area (Å²) in [6, 6.07) is 13.1. The lowest BCUT2D eigenvalue weighted by Gasteiger charge is -2.17. The molecule has 1 N–H and O–H groups in total. The first-order valence-electron chi connectivity index (χ1n) is 10.0. The van der Waals surface area contributed by atoms with Gasteiger partial charge in [-0.05, 0) is 19.4 Å². The fourth-order valence-corrected chi connectivity index (χ4v) is 3.06. The lowest BCUT2D eigenvalue weighted by Crippen LogP contribution is -2.25. The van der Waals surface area contributed by atoms with E-state index in [0.717, 1.165) is 11.1 Å². The van der Waals surface area contributed by atoms with E-state index in [0.29, 0.717) is 37.3 Å². The van der Waals surface area contributed by atoms with Crippen LogP contribution in [0.25, 0.3) is 0 Å². The van der Waals surface area contributed by atoms with Crippen LogP contribution in [-0.4, -0.2) is 56.6 Å². The molecule has 1 fully saturated rings. The molecular formula is C22H29N3O6. The van der Waals surface area contributed by atoms with Crippen LogP contribution in [0.2, 0.25) is 0 Å². The van der Waals surface area contributed by atoms with Crippen molar-refractivity contribution in [2.45, 2.75) is 32.3 Å². The van der Waals surface area contributed by atoms with Crippen LogP contribution in [0.1, 0.15) is 25.0 Å². The Balaban J connectivity index is 1.61. The number of hydrogen-bond acceptors (Lipinski definition) is 9. The molecule has 2 heterocycles. The molecule has 1 aliphatic heterocycles. The highest BCUT2D eigenvalue weighted by molar-refractivity contribution is 6.02. The van der Waals surface area contributed by atoms with Gasteiger partial charge in [-0.1, -0.05) is 35.5 Å². The summed E-state index contributed by atoms with van der Waals surface area (Å²) in [6.45, 7) is 5.14. The molecule has 31 heavy (non-hydrogen) atoms. The second kappa shape index (κ2) is 11.1. The first-order chi connectivity index (χ1) is 15.0. The maximum Gasteiger partial charge on any atom is 0.216 e. The lowest BCUT2D eigenvalue weighted by molar-refractivity contribution is -0.141. The molecule has 2 aromatic rings. The molecule has 1 unspecified atom stereocenters. The first kappa shape index (κ1) is 23.0. The van der Waals surface area contributed by atoms with Gasteiger partial charge in [0.2, 0.25) is 11.8 Å². The fraction of sp³-hybridized carbons (Fsp3) is 0.455. The molecule has 9 nitrogen and oxygen atoms in total. The van der Waals surface area contributed by atoms with Crippen molar-refractivity contribution in [3.05, 3.63) is 53.6 Å². The van der Waals surface area contributed by atoms with E-state index in [1.54, 1.807) is 19.2 Å². The van der Waals surface area contributed by atoms with Gasteiger partial charge in [0.25, 0.3) is 0 Å². The van der Waals surface area contributed by atoms with E-state index in [1.165, 1.54) is 7.11 Å². The molecular weight excluding hydrogens is 402 g/mol. The highest BCUT2D eigenvalue weighted by Crippen LogP contribution is 2.23. The van der Waals surface area contributed by atoms with Crippen molar-refractivity contribution in [1.29, 1.82) is 0 Å². The Bertz CT molecular complexity index is 874. The SMILES string of the molecule is CNOCC(=NOC)c1ccccc1COc1cccc(OCC2COC(C)(C)O2)n1. The average Bonchev–Trinajstić information content (AvgIpc) is 3.13. The summed E-state index contributed by atoms with van der Waals surface area (Å²) in [5.74, 6) is 0.333. The number of hydroxylamine groups is 1. The van der Waals surface area contributed by atoms with Gasteiger partial charge in [0.05, 0.1) is 6.61 Å². The summed E-state index contributed by atoms with van der Waals surface area (Å²) in [4.78, 5) is 14.6. The van der Waals surface area contributed by atoms with Crippen LogP contribution in [0.5, 0.6) is 11.8 Å². The highest BCUT2D eigenvalue weighted by atomic mass is 16.7. The molecule has 1 atom stereocenters. The van der Waals surface area contributed by atoms with Crippen molar-refractivity contribution < 1.29 is 28.6 Å². The molecule has 0 amide bonds. The van der Waals surface area contributed by atoms with E-state index in [4.69, 9.17) is 28.6 Å². The van der Waals surface area contributed by atoms with Crippen LogP contribution in [0.15, 0.2) is 47.6 Å². The number of rotatable bonds is 11. The van der Waals surface area contributed by atoms with E-state index in [-0.39, 0.29) is 12.7 Å². The minimum Gasteiger partial charge on any atom is -0.475 e. The van der Waals surface area contributed by atoms with Crippen LogP contribution in [0.4, 0.5) is 0 Å². The predicted octanol–water partition coefficient (Wildman–Crippen LogP) is 2.69. The second-order valence-corrected chi connectivity index (χ2v) is 7.23. The molecule has 0 bridgehead atoms. The lowest BCUT2D eigenvalue weighted by atomic mass is 10.0. The minimum atomic E-state index is -0.580. The molecule has 0 aliphatic carbocycles. The number of oxime groups is 1. The number of ether oxygens (including phenoxy) is 4. The van der Waals surface area contributed by atoms with Crippen molar-refractivity contribution in [1.82, 2.24) is 10.5 Å². The van der Waals surface area contributed by atoms with Gasteiger partial charge in [0, 0.05) is 24.7 Å². The van der Waals surface area contributed by atoms with E-state index < -0.39 is 5.79 Å². The van der Waals surface area contributed by atoms with E-state index >= 15 is 0 Å². The molecule has 168 valence electrons. The third-order valence-electron chi connectivity index (χ3n) is 4.44. The zero-order valence-corrected chi connectivity index (χ0v) is 18.3. The monoisotopic (exact) mass is 431 g/mol. The maximum absolute atomic E-state index is 5.91. The highest BCUT2D eigenvalue weighted by Gasteiger charge is 2.33. The van der Waals surface area contributed by atoms with Gasteiger partial charge in [-0.15, -0.1) is 0 Å². The largest absolute Gasteiger partial charge is 0.475 e. The van der Waals surface area contributed by atoms with Gasteiger partial charge in [-0.3, -0.25) is 4.84 Å². The Hall–Kier alpha value is -2.72. The summed E-state index contributed by atoms with van der Waals surface area (Å²) < 4.78 is 23.0. The molecule has 0 saturated carbocycles. The zero-order chi connectivity index (χ0) is 22.1. The molecule has 3 rings (SSSR count). The van der Waals surface area contributed by atoms with Crippen LogP contribution in [-0.2, 0) is 25.8 Å². The zero-order valence-electron chi connectivity index (χ0n) is 18.3. The first-order valence-corrected chi connectivity index (χ1v) is 10.0. The van der Waals surface area contributed by atoms with Crippen molar-refractivity contribution in [2.75, 3.05) is 34.0 Å². The normalized spacial score (nSPS) is 18.1. The topological polar surface area (TPSA) is 92.7 Å². The quantitative estimate of drug-likeness (QED) is 0.429. The van der Waals surface area contributed by atoms with Gasteiger partial charge in [-0.25, -0.2) is 5.48 Å². The molecule has 1 aliphatic rings. The van der Waals surface area contributed by atoms with Crippen molar-refractivity contribution in [3.8, 4) is 11.8 Å². The van der Waals surface area contributed by atoms with E-state index in [9.17, 15) is 0 Å². The Morgan fingerprint density at radius 3 is 2.65 bits per heavy atom. The fourth-order valence-electron chi connectivity index (χ4n) is 3.06. The Labute approximate surface area is 182 Å². The smallest absolute Gasteiger partial charge is 0.216 e. The van der Waals surface area contributed by atoms with Gasteiger partial charge in [0.1, 0.15) is 38.7 Å². The van der Waals surface area contributed by atoms with E-state index in [1.807, 2.05) is 44.2 Å². The summed E-state index contributed by atoms with van der Waals surface area (Å²) >= 11 is 0. The van der Waals surface area contributed by atoms with Gasteiger partial charge in [-0.2, -0.15) is 4.98 Å².